The molecule has 0 heterocycles. The van der Waals surface area contributed by atoms with Crippen molar-refractivity contribution in [3.63, 3.8) is 0 Å². The molecule has 7 heteroatoms. The van der Waals surface area contributed by atoms with Crippen LogP contribution in [-0.2, 0) is 24.2 Å². The molecule has 158 valence electrons. The van der Waals surface area contributed by atoms with Crippen LogP contribution in [0.15, 0.2) is 12.7 Å². The highest BCUT2D eigenvalue weighted by atomic mass is 32.2. The van der Waals surface area contributed by atoms with Crippen molar-refractivity contribution >= 4 is 21.8 Å². The predicted molar refractivity (Wildman–Crippen MR) is 107 cm³/mol. The molecule has 0 amide bonds. The van der Waals surface area contributed by atoms with Gasteiger partial charge in [0.15, 0.2) is 0 Å². The molecule has 0 radical (unpaired) electrons. The SMILES string of the molecule is C=CCCCC(CCCC(CCCCCCC(=O)O)S(C)(=O)=O)OC(C)=O. The van der Waals surface area contributed by atoms with Gasteiger partial charge in [-0.1, -0.05) is 25.3 Å². The molecule has 0 aromatic rings. The molecule has 2 atom stereocenters. The van der Waals surface area contributed by atoms with E-state index in [2.05, 4.69) is 6.58 Å². The quantitative estimate of drug-likeness (QED) is 0.221. The van der Waals surface area contributed by atoms with E-state index in [-0.39, 0.29) is 23.7 Å². The minimum absolute atomic E-state index is 0.166. The number of ether oxygens (including phenoxy) is 1. The minimum atomic E-state index is -3.13. The molecule has 27 heavy (non-hydrogen) atoms. The molecule has 0 bridgehead atoms. The van der Waals surface area contributed by atoms with Crippen molar-refractivity contribution in [2.75, 3.05) is 6.26 Å². The maximum atomic E-state index is 12.0. The highest BCUT2D eigenvalue weighted by molar-refractivity contribution is 7.91. The Hall–Kier alpha value is -1.37. The van der Waals surface area contributed by atoms with Gasteiger partial charge in [0.05, 0.1) is 5.25 Å². The summed E-state index contributed by atoms with van der Waals surface area (Å²) in [5.74, 6) is -1.10. The molecule has 0 aromatic carbocycles. The van der Waals surface area contributed by atoms with Crippen molar-refractivity contribution in [3.05, 3.63) is 12.7 Å². The highest BCUT2D eigenvalue weighted by Crippen LogP contribution is 2.20. The number of aliphatic carboxylic acids is 1. The third-order valence-corrected chi connectivity index (χ3v) is 6.27. The van der Waals surface area contributed by atoms with E-state index in [1.165, 1.54) is 13.2 Å². The molecule has 0 spiro atoms. The van der Waals surface area contributed by atoms with Crippen LogP contribution in [0.4, 0.5) is 0 Å². The third kappa shape index (κ3) is 15.4. The first kappa shape index (κ1) is 25.6. The van der Waals surface area contributed by atoms with Gasteiger partial charge in [0.2, 0.25) is 0 Å². The van der Waals surface area contributed by atoms with E-state index in [9.17, 15) is 18.0 Å². The van der Waals surface area contributed by atoms with Crippen molar-refractivity contribution in [3.8, 4) is 0 Å². The van der Waals surface area contributed by atoms with Crippen LogP contribution in [0.1, 0.15) is 84.0 Å². The zero-order valence-corrected chi connectivity index (χ0v) is 17.6. The molecule has 6 nitrogen and oxygen atoms in total. The Morgan fingerprint density at radius 2 is 1.59 bits per heavy atom. The van der Waals surface area contributed by atoms with Gasteiger partial charge in [-0.2, -0.15) is 0 Å². The molecule has 1 N–H and O–H groups in total. The van der Waals surface area contributed by atoms with E-state index >= 15 is 0 Å². The van der Waals surface area contributed by atoms with E-state index in [1.807, 2.05) is 6.08 Å². The van der Waals surface area contributed by atoms with Gasteiger partial charge in [0, 0.05) is 19.6 Å². The van der Waals surface area contributed by atoms with Gasteiger partial charge in [-0.05, 0) is 51.4 Å². The van der Waals surface area contributed by atoms with Crippen molar-refractivity contribution in [2.24, 2.45) is 0 Å². The Morgan fingerprint density at radius 3 is 2.15 bits per heavy atom. The minimum Gasteiger partial charge on any atom is -0.481 e. The maximum absolute atomic E-state index is 12.0. The molecule has 0 aliphatic rings. The average Bonchev–Trinajstić information content (AvgIpc) is 2.54. The summed E-state index contributed by atoms with van der Waals surface area (Å²) >= 11 is 0. The van der Waals surface area contributed by atoms with Crippen LogP contribution >= 0.6 is 0 Å². The van der Waals surface area contributed by atoms with Gasteiger partial charge in [0.1, 0.15) is 15.9 Å². The monoisotopic (exact) mass is 404 g/mol. The first-order chi connectivity index (χ1) is 12.7. The highest BCUT2D eigenvalue weighted by Gasteiger charge is 2.21. The normalized spacial score (nSPS) is 13.7. The van der Waals surface area contributed by atoms with Crippen LogP contribution in [0.25, 0.3) is 0 Å². The number of hydrogen-bond donors (Lipinski definition) is 1. The van der Waals surface area contributed by atoms with Crippen LogP contribution in [0, 0.1) is 0 Å². The topological polar surface area (TPSA) is 97.7 Å². The summed E-state index contributed by atoms with van der Waals surface area (Å²) < 4.78 is 29.4. The number of carboxylic acids is 1. The number of carboxylic acid groups (broad SMARTS) is 1. The van der Waals surface area contributed by atoms with Crippen molar-refractivity contribution in [1.82, 2.24) is 0 Å². The summed E-state index contributed by atoms with van der Waals surface area (Å²) in [4.78, 5) is 21.7. The second-order valence-corrected chi connectivity index (χ2v) is 9.51. The molecule has 0 aliphatic carbocycles. The number of hydrogen-bond acceptors (Lipinski definition) is 5. The fourth-order valence-electron chi connectivity index (χ4n) is 3.13. The van der Waals surface area contributed by atoms with E-state index < -0.39 is 15.8 Å². The van der Waals surface area contributed by atoms with Crippen LogP contribution in [0.5, 0.6) is 0 Å². The predicted octanol–water partition coefficient (Wildman–Crippen LogP) is 4.28. The summed E-state index contributed by atoms with van der Waals surface area (Å²) in [5, 5.41) is 8.23. The fraction of sp³-hybridized carbons (Fsp3) is 0.800. The average molecular weight is 405 g/mol. The van der Waals surface area contributed by atoms with Gasteiger partial charge in [-0.3, -0.25) is 9.59 Å². The first-order valence-electron chi connectivity index (χ1n) is 9.85. The molecule has 0 saturated heterocycles. The van der Waals surface area contributed by atoms with E-state index in [4.69, 9.17) is 9.84 Å². The number of carbonyl (C=O) groups is 2. The molecule has 0 saturated carbocycles. The summed E-state index contributed by atoms with van der Waals surface area (Å²) in [5.41, 5.74) is 0. The summed E-state index contributed by atoms with van der Waals surface area (Å²) in [7, 11) is -3.13. The van der Waals surface area contributed by atoms with Crippen LogP contribution in [0.2, 0.25) is 0 Å². The summed E-state index contributed by atoms with van der Waals surface area (Å²) in [6, 6.07) is 0. The molecular formula is C20H36O6S. The molecular weight excluding hydrogens is 368 g/mol. The van der Waals surface area contributed by atoms with Crippen LogP contribution in [0.3, 0.4) is 0 Å². The number of esters is 1. The number of rotatable bonds is 17. The Kier molecular flexibility index (Phi) is 13.9. The largest absolute Gasteiger partial charge is 0.481 e. The summed E-state index contributed by atoms with van der Waals surface area (Å²) in [6.45, 7) is 5.08. The molecule has 0 fully saturated rings. The number of allylic oxidation sites excluding steroid dienone is 1. The van der Waals surface area contributed by atoms with E-state index in [0.29, 0.717) is 32.1 Å². The van der Waals surface area contributed by atoms with Gasteiger partial charge in [-0.25, -0.2) is 8.42 Å². The first-order valence-corrected chi connectivity index (χ1v) is 11.8. The van der Waals surface area contributed by atoms with Crippen molar-refractivity contribution < 1.29 is 27.9 Å². The van der Waals surface area contributed by atoms with Gasteiger partial charge >= 0.3 is 11.9 Å². The lowest BCUT2D eigenvalue weighted by atomic mass is 10.0. The number of sulfone groups is 1. The number of unbranched alkanes of at least 4 members (excludes halogenated alkanes) is 4. The zero-order valence-electron chi connectivity index (χ0n) is 16.8. The van der Waals surface area contributed by atoms with E-state index in [0.717, 1.165) is 38.5 Å². The Bertz CT molecular complexity index is 541. The second kappa shape index (κ2) is 14.7. The Morgan fingerprint density at radius 1 is 1.00 bits per heavy atom. The second-order valence-electron chi connectivity index (χ2n) is 7.18. The molecule has 0 rings (SSSR count). The lowest BCUT2D eigenvalue weighted by Gasteiger charge is -2.19. The molecule has 0 aromatic heterocycles. The Labute approximate surface area is 164 Å². The van der Waals surface area contributed by atoms with Gasteiger partial charge < -0.3 is 9.84 Å². The smallest absolute Gasteiger partial charge is 0.303 e. The van der Waals surface area contributed by atoms with Crippen molar-refractivity contribution in [1.29, 1.82) is 0 Å². The summed E-state index contributed by atoms with van der Waals surface area (Å²) in [6.07, 6.45) is 11.2. The van der Waals surface area contributed by atoms with Gasteiger partial charge in [-0.15, -0.1) is 6.58 Å². The standard InChI is InChI=1S/C20H36O6S/c1-4-5-8-12-18(26-17(2)21)13-11-15-19(27(3,24)25)14-9-6-7-10-16-20(22)23/h4,18-19H,1,5-16H2,2-3H3,(H,22,23). The Balaban J connectivity index is 4.32. The lowest BCUT2D eigenvalue weighted by molar-refractivity contribution is -0.147. The molecule has 2 unspecified atom stereocenters. The zero-order chi connectivity index (χ0) is 20.7. The van der Waals surface area contributed by atoms with Crippen LogP contribution in [-0.4, -0.2) is 43.1 Å². The van der Waals surface area contributed by atoms with Gasteiger partial charge in [0.25, 0.3) is 0 Å². The van der Waals surface area contributed by atoms with Crippen molar-refractivity contribution in [2.45, 2.75) is 95.3 Å². The van der Waals surface area contributed by atoms with E-state index in [1.54, 1.807) is 0 Å². The lowest BCUT2D eigenvalue weighted by Crippen LogP contribution is -2.22. The number of carbonyl (C=O) groups excluding carboxylic acids is 1. The third-order valence-electron chi connectivity index (χ3n) is 4.59. The fourth-order valence-corrected chi connectivity index (χ4v) is 4.32. The molecule has 0 aliphatic heterocycles. The van der Waals surface area contributed by atoms with Crippen LogP contribution < -0.4 is 0 Å². The maximum Gasteiger partial charge on any atom is 0.303 e.